The summed E-state index contributed by atoms with van der Waals surface area (Å²) in [4.78, 5) is 21.1. The van der Waals surface area contributed by atoms with Crippen LogP contribution in [0.1, 0.15) is 29.9 Å². The van der Waals surface area contributed by atoms with Gasteiger partial charge in [0.25, 0.3) is 5.91 Å². The molecule has 3 rings (SSSR count). The zero-order valence-corrected chi connectivity index (χ0v) is 15.0. The lowest BCUT2D eigenvalue weighted by atomic mass is 10.2. The van der Waals surface area contributed by atoms with Crippen LogP contribution in [-0.2, 0) is 6.54 Å². The molecule has 0 atom stereocenters. The normalized spacial score (nSPS) is 15.4. The van der Waals surface area contributed by atoms with Crippen LogP contribution in [0.4, 0.5) is 5.69 Å². The zero-order valence-electron chi connectivity index (χ0n) is 15.0. The summed E-state index contributed by atoms with van der Waals surface area (Å²) in [6.07, 6.45) is 1.81. The van der Waals surface area contributed by atoms with Gasteiger partial charge in [-0.05, 0) is 31.5 Å². The number of nitrogens with zero attached hydrogens (tertiary/aromatic N) is 3. The fraction of sp³-hybridized carbons (Fsp3) is 0.400. The van der Waals surface area contributed by atoms with Crippen LogP contribution in [0.3, 0.4) is 0 Å². The number of piperazine rings is 1. The fourth-order valence-electron chi connectivity index (χ4n) is 3.05. The van der Waals surface area contributed by atoms with Gasteiger partial charge < -0.3 is 10.2 Å². The smallest absolute Gasteiger partial charge is 0.270 e. The first kappa shape index (κ1) is 17.4. The van der Waals surface area contributed by atoms with Crippen molar-refractivity contribution in [3.63, 3.8) is 0 Å². The molecule has 1 aliphatic rings. The first-order valence-electron chi connectivity index (χ1n) is 8.90. The maximum atomic E-state index is 12.0. The third-order valence-electron chi connectivity index (χ3n) is 4.39. The van der Waals surface area contributed by atoms with E-state index in [2.05, 4.69) is 50.4 Å². The van der Waals surface area contributed by atoms with Crippen molar-refractivity contribution in [2.75, 3.05) is 31.1 Å². The average molecular weight is 338 g/mol. The van der Waals surface area contributed by atoms with Gasteiger partial charge in [-0.1, -0.05) is 30.3 Å². The minimum Gasteiger partial charge on any atom is -0.368 e. The van der Waals surface area contributed by atoms with E-state index in [0.29, 0.717) is 5.69 Å². The molecule has 1 saturated heterocycles. The van der Waals surface area contributed by atoms with Crippen LogP contribution in [0.15, 0.2) is 48.7 Å². The summed E-state index contributed by atoms with van der Waals surface area (Å²) in [5.41, 5.74) is 2.92. The van der Waals surface area contributed by atoms with Gasteiger partial charge >= 0.3 is 0 Å². The largest absolute Gasteiger partial charge is 0.368 e. The Labute approximate surface area is 149 Å². The van der Waals surface area contributed by atoms with Gasteiger partial charge in [0.15, 0.2) is 0 Å². The van der Waals surface area contributed by atoms with Crippen LogP contribution in [0, 0.1) is 0 Å². The summed E-state index contributed by atoms with van der Waals surface area (Å²) in [7, 11) is 0. The number of amides is 1. The van der Waals surface area contributed by atoms with Crippen LogP contribution < -0.4 is 10.2 Å². The molecule has 2 heterocycles. The first-order chi connectivity index (χ1) is 12.1. The third kappa shape index (κ3) is 4.79. The lowest BCUT2D eigenvalue weighted by Crippen LogP contribution is -2.46. The van der Waals surface area contributed by atoms with Gasteiger partial charge in [-0.25, -0.2) is 4.98 Å². The molecule has 0 saturated carbocycles. The molecule has 0 spiro atoms. The predicted molar refractivity (Wildman–Crippen MR) is 101 cm³/mol. The molecule has 1 amide bonds. The van der Waals surface area contributed by atoms with E-state index in [1.54, 1.807) is 0 Å². The van der Waals surface area contributed by atoms with Gasteiger partial charge in [-0.3, -0.25) is 9.69 Å². The molecular formula is C20H26N4O. The van der Waals surface area contributed by atoms with Crippen LogP contribution in [0.5, 0.6) is 0 Å². The second-order valence-electron chi connectivity index (χ2n) is 6.78. The molecule has 1 aromatic heterocycles. The van der Waals surface area contributed by atoms with E-state index in [4.69, 9.17) is 0 Å². The number of hydrogen-bond acceptors (Lipinski definition) is 4. The van der Waals surface area contributed by atoms with Crippen molar-refractivity contribution in [2.24, 2.45) is 0 Å². The standard InChI is InChI=1S/C20H26N4O/c1-16(2)22-20(25)19-9-8-18(14-21-19)24-12-10-23(11-13-24)15-17-6-4-3-5-7-17/h3-9,14,16H,10-13,15H2,1-2H3,(H,22,25). The van der Waals surface area contributed by atoms with Crippen molar-refractivity contribution in [2.45, 2.75) is 26.4 Å². The van der Waals surface area contributed by atoms with Gasteiger partial charge in [0.2, 0.25) is 0 Å². The maximum Gasteiger partial charge on any atom is 0.270 e. The molecule has 0 aliphatic carbocycles. The number of hydrogen-bond donors (Lipinski definition) is 1. The Morgan fingerprint density at radius 2 is 1.80 bits per heavy atom. The summed E-state index contributed by atoms with van der Waals surface area (Å²) in [5.74, 6) is -0.116. The van der Waals surface area contributed by atoms with E-state index >= 15 is 0 Å². The van der Waals surface area contributed by atoms with Crippen molar-refractivity contribution in [3.8, 4) is 0 Å². The van der Waals surface area contributed by atoms with Gasteiger partial charge in [0, 0.05) is 38.8 Å². The highest BCUT2D eigenvalue weighted by Crippen LogP contribution is 2.17. The summed E-state index contributed by atoms with van der Waals surface area (Å²) in [6.45, 7) is 8.91. The van der Waals surface area contributed by atoms with Gasteiger partial charge in [-0.2, -0.15) is 0 Å². The number of anilines is 1. The monoisotopic (exact) mass is 338 g/mol. The Morgan fingerprint density at radius 1 is 1.08 bits per heavy atom. The Bertz CT molecular complexity index is 677. The molecule has 2 aromatic rings. The molecule has 1 N–H and O–H groups in total. The SMILES string of the molecule is CC(C)NC(=O)c1ccc(N2CCN(Cc3ccccc3)CC2)cn1. The van der Waals surface area contributed by atoms with Crippen LogP contribution in [0.25, 0.3) is 0 Å². The molecule has 1 aliphatic heterocycles. The predicted octanol–water partition coefficient (Wildman–Crippen LogP) is 2.54. The highest BCUT2D eigenvalue weighted by molar-refractivity contribution is 5.92. The highest BCUT2D eigenvalue weighted by Gasteiger charge is 2.18. The Hall–Kier alpha value is -2.40. The van der Waals surface area contributed by atoms with Crippen molar-refractivity contribution in [3.05, 3.63) is 59.9 Å². The molecule has 1 fully saturated rings. The number of carbonyl (C=O) groups is 1. The van der Waals surface area contributed by atoms with Crippen LogP contribution in [-0.4, -0.2) is 48.0 Å². The second kappa shape index (κ2) is 8.12. The first-order valence-corrected chi connectivity index (χ1v) is 8.90. The van der Waals surface area contributed by atoms with E-state index in [9.17, 15) is 4.79 Å². The van der Waals surface area contributed by atoms with Crippen LogP contribution >= 0.6 is 0 Å². The number of benzene rings is 1. The number of pyridine rings is 1. The Morgan fingerprint density at radius 3 is 2.40 bits per heavy atom. The van der Waals surface area contributed by atoms with Crippen molar-refractivity contribution < 1.29 is 4.79 Å². The molecule has 1 aromatic carbocycles. The molecule has 25 heavy (non-hydrogen) atoms. The maximum absolute atomic E-state index is 12.0. The quantitative estimate of drug-likeness (QED) is 0.910. The summed E-state index contributed by atoms with van der Waals surface area (Å²) in [6, 6.07) is 14.5. The van der Waals surface area contributed by atoms with Gasteiger partial charge in [0.1, 0.15) is 5.69 Å². The fourth-order valence-corrected chi connectivity index (χ4v) is 3.05. The van der Waals surface area contributed by atoms with Gasteiger partial charge in [-0.15, -0.1) is 0 Å². The molecule has 0 radical (unpaired) electrons. The summed E-state index contributed by atoms with van der Waals surface area (Å²) < 4.78 is 0. The molecule has 0 bridgehead atoms. The molecule has 5 nitrogen and oxygen atoms in total. The van der Waals surface area contributed by atoms with Crippen molar-refractivity contribution >= 4 is 11.6 Å². The van der Waals surface area contributed by atoms with E-state index in [0.717, 1.165) is 38.4 Å². The molecular weight excluding hydrogens is 312 g/mol. The van der Waals surface area contributed by atoms with E-state index in [-0.39, 0.29) is 11.9 Å². The number of aromatic nitrogens is 1. The second-order valence-corrected chi connectivity index (χ2v) is 6.78. The minimum atomic E-state index is -0.116. The Kier molecular flexibility index (Phi) is 5.66. The number of carbonyl (C=O) groups excluding carboxylic acids is 1. The van der Waals surface area contributed by atoms with Crippen molar-refractivity contribution in [1.29, 1.82) is 0 Å². The average Bonchev–Trinajstić information content (AvgIpc) is 2.63. The summed E-state index contributed by atoms with van der Waals surface area (Å²) >= 11 is 0. The molecule has 5 heteroatoms. The van der Waals surface area contributed by atoms with Crippen LogP contribution in [0.2, 0.25) is 0 Å². The number of nitrogens with one attached hydrogen (secondary N) is 1. The van der Waals surface area contributed by atoms with E-state index < -0.39 is 0 Å². The number of rotatable bonds is 5. The molecule has 132 valence electrons. The summed E-state index contributed by atoms with van der Waals surface area (Å²) in [5, 5.41) is 2.87. The lowest BCUT2D eigenvalue weighted by molar-refractivity contribution is 0.0938. The Balaban J connectivity index is 1.53. The molecule has 0 unspecified atom stereocenters. The van der Waals surface area contributed by atoms with Crippen molar-refractivity contribution in [1.82, 2.24) is 15.2 Å². The van der Waals surface area contributed by atoms with E-state index in [1.807, 2.05) is 32.2 Å². The third-order valence-corrected chi connectivity index (χ3v) is 4.39. The lowest BCUT2D eigenvalue weighted by Gasteiger charge is -2.36. The van der Waals surface area contributed by atoms with E-state index in [1.165, 1.54) is 5.56 Å². The van der Waals surface area contributed by atoms with Gasteiger partial charge in [0.05, 0.1) is 11.9 Å². The highest BCUT2D eigenvalue weighted by atomic mass is 16.1. The topological polar surface area (TPSA) is 48.5 Å². The minimum absolute atomic E-state index is 0.116. The zero-order chi connectivity index (χ0) is 17.6.